The Bertz CT molecular complexity index is 898. The number of rotatable bonds is 2. The van der Waals surface area contributed by atoms with Gasteiger partial charge in [0.25, 0.3) is 5.91 Å². The minimum Gasteiger partial charge on any atom is -0.350 e. The van der Waals surface area contributed by atoms with E-state index in [1.807, 2.05) is 42.5 Å². The van der Waals surface area contributed by atoms with E-state index in [0.29, 0.717) is 24.5 Å². The second kappa shape index (κ2) is 5.57. The van der Waals surface area contributed by atoms with Crippen molar-refractivity contribution in [2.75, 3.05) is 12.0 Å². The molecule has 4 rings (SSSR count). The first-order chi connectivity index (χ1) is 11.3. The van der Waals surface area contributed by atoms with Gasteiger partial charge in [-0.2, -0.15) is 5.10 Å². The Kier molecular flexibility index (Phi) is 3.27. The maximum atomic E-state index is 12.3. The normalized spacial score (nSPS) is 16.0. The second-order valence-corrected chi connectivity index (χ2v) is 5.31. The summed E-state index contributed by atoms with van der Waals surface area (Å²) >= 11 is 0. The van der Waals surface area contributed by atoms with E-state index in [4.69, 9.17) is 0 Å². The van der Waals surface area contributed by atoms with Crippen molar-refractivity contribution in [1.82, 2.24) is 15.3 Å². The van der Waals surface area contributed by atoms with Crippen LogP contribution in [0.3, 0.4) is 0 Å². The van der Waals surface area contributed by atoms with Gasteiger partial charge in [0.15, 0.2) is 0 Å². The molecule has 1 aliphatic heterocycles. The molecule has 0 spiro atoms. The van der Waals surface area contributed by atoms with Crippen molar-refractivity contribution < 1.29 is 4.79 Å². The van der Waals surface area contributed by atoms with E-state index in [-0.39, 0.29) is 5.91 Å². The van der Waals surface area contributed by atoms with Crippen LogP contribution >= 0.6 is 0 Å². The Balaban J connectivity index is 1.82. The van der Waals surface area contributed by atoms with Crippen LogP contribution in [0.1, 0.15) is 22.5 Å². The molecule has 0 aliphatic carbocycles. The van der Waals surface area contributed by atoms with Gasteiger partial charge >= 0.3 is 0 Å². The fraction of sp³-hybridized carbons (Fsp3) is 0.118. The van der Waals surface area contributed by atoms with Crippen LogP contribution in [-0.4, -0.2) is 28.1 Å². The lowest BCUT2D eigenvalue weighted by molar-refractivity contribution is 0.0952. The summed E-state index contributed by atoms with van der Waals surface area (Å²) in [6, 6.07) is 13.5. The molecule has 0 radical (unpaired) electrons. The van der Waals surface area contributed by atoms with Gasteiger partial charge in [0, 0.05) is 35.6 Å². The predicted molar refractivity (Wildman–Crippen MR) is 89.6 cm³/mol. The zero-order valence-corrected chi connectivity index (χ0v) is 12.3. The average Bonchev–Trinajstić information content (AvgIpc) is 2.91. The fourth-order valence-electron chi connectivity index (χ4n) is 2.79. The Hall–Kier alpha value is -3.15. The highest BCUT2D eigenvalue weighted by Crippen LogP contribution is 2.25. The number of aromatic amines is 1. The van der Waals surface area contributed by atoms with Crippen LogP contribution in [-0.2, 0) is 0 Å². The van der Waals surface area contributed by atoms with Crippen molar-refractivity contribution in [3.63, 3.8) is 0 Å². The molecule has 1 amide bonds. The number of hydrazone groups is 1. The van der Waals surface area contributed by atoms with Crippen molar-refractivity contribution in [2.45, 2.75) is 6.42 Å². The van der Waals surface area contributed by atoms with E-state index in [1.54, 1.807) is 6.20 Å². The Morgan fingerprint density at radius 2 is 2.00 bits per heavy atom. The molecule has 23 heavy (non-hydrogen) atoms. The molecule has 3 heterocycles. The minimum absolute atomic E-state index is 0.0979. The van der Waals surface area contributed by atoms with Crippen molar-refractivity contribution in [1.29, 1.82) is 0 Å². The van der Waals surface area contributed by atoms with Crippen LogP contribution < -0.4 is 10.7 Å². The number of benzene rings is 1. The van der Waals surface area contributed by atoms with Crippen LogP contribution in [0.2, 0.25) is 0 Å². The van der Waals surface area contributed by atoms with Crippen LogP contribution in [0, 0.1) is 0 Å². The smallest absolute Gasteiger partial charge is 0.268 e. The molecule has 0 atom stereocenters. The number of nitrogens with one attached hydrogen (secondary N) is 3. The molecule has 114 valence electrons. The largest absolute Gasteiger partial charge is 0.350 e. The molecule has 6 nitrogen and oxygen atoms in total. The first kappa shape index (κ1) is 13.5. The summed E-state index contributed by atoms with van der Waals surface area (Å²) in [5.41, 5.74) is 6.16. The number of amides is 1. The molecule has 0 bridgehead atoms. The van der Waals surface area contributed by atoms with Gasteiger partial charge in [-0.05, 0) is 18.2 Å². The molecule has 3 N–H and O–H groups in total. The van der Waals surface area contributed by atoms with E-state index >= 15 is 0 Å². The van der Waals surface area contributed by atoms with E-state index in [9.17, 15) is 4.79 Å². The number of para-hydroxylation sites is 1. The Labute approximate surface area is 132 Å². The van der Waals surface area contributed by atoms with Gasteiger partial charge in [0.1, 0.15) is 11.5 Å². The molecular formula is C17H15N5O. The van der Waals surface area contributed by atoms with Gasteiger partial charge in [-0.1, -0.05) is 24.3 Å². The van der Waals surface area contributed by atoms with E-state index < -0.39 is 0 Å². The molecule has 0 saturated heterocycles. The minimum atomic E-state index is -0.0979. The summed E-state index contributed by atoms with van der Waals surface area (Å²) in [7, 11) is 0. The SMILES string of the molecule is O=C1NCC/C(=N/Nc2ccccn2)c2c1[nH]c1ccccc21. The number of nitrogens with zero attached hydrogens (tertiary/aromatic N) is 2. The summed E-state index contributed by atoms with van der Waals surface area (Å²) in [6.07, 6.45) is 2.36. The Morgan fingerprint density at radius 1 is 1.13 bits per heavy atom. The predicted octanol–water partition coefficient (Wildman–Crippen LogP) is 2.51. The second-order valence-electron chi connectivity index (χ2n) is 5.31. The van der Waals surface area contributed by atoms with E-state index in [1.165, 1.54) is 0 Å². The lowest BCUT2D eigenvalue weighted by atomic mass is 10.0. The molecule has 6 heteroatoms. The van der Waals surface area contributed by atoms with Crippen molar-refractivity contribution in [3.8, 4) is 0 Å². The van der Waals surface area contributed by atoms with E-state index in [0.717, 1.165) is 22.2 Å². The third kappa shape index (κ3) is 2.44. The van der Waals surface area contributed by atoms with Crippen molar-refractivity contribution in [3.05, 3.63) is 59.9 Å². The zero-order chi connectivity index (χ0) is 15.6. The first-order valence-electron chi connectivity index (χ1n) is 7.46. The molecule has 0 unspecified atom stereocenters. The third-order valence-corrected chi connectivity index (χ3v) is 3.84. The molecular weight excluding hydrogens is 290 g/mol. The highest BCUT2D eigenvalue weighted by atomic mass is 16.1. The van der Waals surface area contributed by atoms with E-state index in [2.05, 4.69) is 25.8 Å². The summed E-state index contributed by atoms with van der Waals surface area (Å²) in [6.45, 7) is 0.554. The van der Waals surface area contributed by atoms with Gasteiger partial charge < -0.3 is 10.3 Å². The zero-order valence-electron chi connectivity index (χ0n) is 12.3. The number of anilines is 1. The fourth-order valence-corrected chi connectivity index (χ4v) is 2.79. The standard InChI is InChI=1S/C17H15N5O/c23-17-16-15(11-5-1-2-6-12(11)20-16)13(8-10-19-17)21-22-14-7-3-4-9-18-14/h1-7,9,20H,8,10H2,(H,18,22)(H,19,23)/b21-13-. The number of aromatic nitrogens is 2. The molecule has 1 aromatic carbocycles. The number of fused-ring (bicyclic) bond motifs is 3. The molecule has 2 aromatic heterocycles. The average molecular weight is 305 g/mol. The van der Waals surface area contributed by atoms with Gasteiger partial charge in [0.2, 0.25) is 0 Å². The maximum absolute atomic E-state index is 12.3. The summed E-state index contributed by atoms with van der Waals surface area (Å²) in [4.78, 5) is 19.7. The molecule has 3 aromatic rings. The first-order valence-corrected chi connectivity index (χ1v) is 7.46. The topological polar surface area (TPSA) is 82.2 Å². The van der Waals surface area contributed by atoms with Crippen molar-refractivity contribution in [2.24, 2.45) is 5.10 Å². The molecule has 0 saturated carbocycles. The lowest BCUT2D eigenvalue weighted by Gasteiger charge is -2.05. The number of pyridine rings is 1. The lowest BCUT2D eigenvalue weighted by Crippen LogP contribution is -2.23. The van der Waals surface area contributed by atoms with Crippen LogP contribution in [0.15, 0.2) is 53.8 Å². The van der Waals surface area contributed by atoms with Crippen LogP contribution in [0.25, 0.3) is 10.9 Å². The highest BCUT2D eigenvalue weighted by molar-refractivity contribution is 6.19. The molecule has 1 aliphatic rings. The van der Waals surface area contributed by atoms with Gasteiger partial charge in [-0.3, -0.25) is 10.2 Å². The van der Waals surface area contributed by atoms with Crippen LogP contribution in [0.5, 0.6) is 0 Å². The van der Waals surface area contributed by atoms with Gasteiger partial charge in [0.05, 0.1) is 5.71 Å². The molecule has 0 fully saturated rings. The quantitative estimate of drug-likeness (QED) is 0.636. The third-order valence-electron chi connectivity index (χ3n) is 3.84. The number of carbonyl (C=O) groups excluding carboxylic acids is 1. The van der Waals surface area contributed by atoms with Crippen molar-refractivity contribution >= 4 is 28.3 Å². The number of hydrogen-bond acceptors (Lipinski definition) is 4. The monoisotopic (exact) mass is 305 g/mol. The highest BCUT2D eigenvalue weighted by Gasteiger charge is 2.24. The summed E-state index contributed by atoms with van der Waals surface area (Å²) in [5, 5.41) is 8.40. The number of hydrogen-bond donors (Lipinski definition) is 3. The van der Waals surface area contributed by atoms with Gasteiger partial charge in [-0.25, -0.2) is 4.98 Å². The number of carbonyl (C=O) groups is 1. The summed E-state index contributed by atoms with van der Waals surface area (Å²) < 4.78 is 0. The van der Waals surface area contributed by atoms with Gasteiger partial charge in [-0.15, -0.1) is 0 Å². The maximum Gasteiger partial charge on any atom is 0.268 e. The summed E-state index contributed by atoms with van der Waals surface area (Å²) in [5.74, 6) is 0.573. The number of H-pyrrole nitrogens is 1. The Morgan fingerprint density at radius 3 is 2.87 bits per heavy atom. The van der Waals surface area contributed by atoms with Crippen LogP contribution in [0.4, 0.5) is 5.82 Å².